The van der Waals surface area contributed by atoms with Crippen molar-refractivity contribution in [2.45, 2.75) is 6.92 Å². The van der Waals surface area contributed by atoms with Crippen molar-refractivity contribution in [3.63, 3.8) is 0 Å². The summed E-state index contributed by atoms with van der Waals surface area (Å²) in [4.78, 5) is 25.6. The van der Waals surface area contributed by atoms with Gasteiger partial charge in [0.1, 0.15) is 11.6 Å². The van der Waals surface area contributed by atoms with Gasteiger partial charge >= 0.3 is 0 Å². The lowest BCUT2D eigenvalue weighted by atomic mass is 10.1. The van der Waals surface area contributed by atoms with Crippen molar-refractivity contribution in [1.82, 2.24) is 15.0 Å². The molecule has 1 aromatic carbocycles. The van der Waals surface area contributed by atoms with Crippen molar-refractivity contribution in [2.24, 2.45) is 0 Å². The number of anilines is 3. The Morgan fingerprint density at radius 3 is 2.67 bits per heavy atom. The Balaban J connectivity index is 1.52. The predicted molar refractivity (Wildman–Crippen MR) is 119 cm³/mol. The number of pyridine rings is 3. The summed E-state index contributed by atoms with van der Waals surface area (Å²) in [6.45, 7) is 1.91. The first-order valence-electron chi connectivity index (χ1n) is 9.26. The second-order valence-electron chi connectivity index (χ2n) is 6.62. The molecule has 7 heteroatoms. The van der Waals surface area contributed by atoms with Crippen LogP contribution in [0.3, 0.4) is 0 Å². The standard InChI is InChI=1S/C23H18ClN5O/c1-15-5-4-8-21(27-15)29-22-12-16(9-10-26-22)23(30)28-18-11-17(13-25-14-18)19-6-2-3-7-20(19)24/h2-14H,1H3,(H,28,30)(H,26,27,29). The van der Waals surface area contributed by atoms with Crippen LogP contribution in [0.4, 0.5) is 17.3 Å². The van der Waals surface area contributed by atoms with Gasteiger partial charge in [-0.3, -0.25) is 9.78 Å². The number of nitrogens with one attached hydrogen (secondary N) is 2. The highest BCUT2D eigenvalue weighted by Gasteiger charge is 2.10. The zero-order valence-corrected chi connectivity index (χ0v) is 16.9. The van der Waals surface area contributed by atoms with E-state index in [1.165, 1.54) is 0 Å². The molecule has 2 N–H and O–H groups in total. The summed E-state index contributed by atoms with van der Waals surface area (Å²) in [5.74, 6) is 0.927. The molecule has 0 aliphatic heterocycles. The van der Waals surface area contributed by atoms with E-state index in [-0.39, 0.29) is 5.91 Å². The minimum Gasteiger partial charge on any atom is -0.325 e. The first kappa shape index (κ1) is 19.5. The van der Waals surface area contributed by atoms with E-state index < -0.39 is 0 Å². The first-order chi connectivity index (χ1) is 14.6. The molecule has 0 unspecified atom stereocenters. The maximum Gasteiger partial charge on any atom is 0.255 e. The maximum atomic E-state index is 12.8. The summed E-state index contributed by atoms with van der Waals surface area (Å²) < 4.78 is 0. The number of halogens is 1. The van der Waals surface area contributed by atoms with Crippen LogP contribution >= 0.6 is 11.6 Å². The van der Waals surface area contributed by atoms with Crippen molar-refractivity contribution in [3.05, 3.63) is 95.5 Å². The minimum absolute atomic E-state index is 0.268. The fourth-order valence-corrected chi connectivity index (χ4v) is 3.18. The largest absolute Gasteiger partial charge is 0.325 e. The van der Waals surface area contributed by atoms with E-state index in [9.17, 15) is 4.79 Å². The molecule has 0 fully saturated rings. The third kappa shape index (κ3) is 4.61. The molecule has 0 saturated heterocycles. The molecule has 3 heterocycles. The molecule has 6 nitrogen and oxygen atoms in total. The molecule has 4 rings (SSSR count). The Kier molecular flexibility index (Phi) is 5.68. The summed E-state index contributed by atoms with van der Waals surface area (Å²) >= 11 is 6.27. The third-order valence-corrected chi connectivity index (χ3v) is 4.68. The Morgan fingerprint density at radius 2 is 1.83 bits per heavy atom. The van der Waals surface area contributed by atoms with Gasteiger partial charge in [-0.15, -0.1) is 0 Å². The zero-order chi connectivity index (χ0) is 20.9. The topological polar surface area (TPSA) is 79.8 Å². The van der Waals surface area contributed by atoms with E-state index in [1.54, 1.807) is 30.7 Å². The van der Waals surface area contributed by atoms with E-state index in [4.69, 9.17) is 11.6 Å². The van der Waals surface area contributed by atoms with Crippen molar-refractivity contribution in [1.29, 1.82) is 0 Å². The molecule has 0 radical (unpaired) electrons. The van der Waals surface area contributed by atoms with Crippen molar-refractivity contribution in [3.8, 4) is 11.1 Å². The molecule has 0 aliphatic carbocycles. The fraction of sp³-hybridized carbons (Fsp3) is 0.0435. The van der Waals surface area contributed by atoms with E-state index in [0.29, 0.717) is 27.9 Å². The number of amides is 1. The molecular formula is C23H18ClN5O. The van der Waals surface area contributed by atoms with Gasteiger partial charge in [-0.05, 0) is 43.3 Å². The van der Waals surface area contributed by atoms with Crippen LogP contribution in [0.5, 0.6) is 0 Å². The number of benzene rings is 1. The van der Waals surface area contributed by atoms with Gasteiger partial charge in [0.15, 0.2) is 0 Å². The smallest absolute Gasteiger partial charge is 0.255 e. The molecule has 0 aliphatic rings. The van der Waals surface area contributed by atoms with Crippen LogP contribution in [0, 0.1) is 6.92 Å². The zero-order valence-electron chi connectivity index (χ0n) is 16.1. The molecule has 0 saturated carbocycles. The number of aryl methyl sites for hydroxylation is 1. The van der Waals surface area contributed by atoms with Crippen LogP contribution in [0.1, 0.15) is 16.1 Å². The maximum absolute atomic E-state index is 12.8. The SMILES string of the molecule is Cc1cccc(Nc2cc(C(=O)Nc3cncc(-c4ccccc4Cl)c3)ccn2)n1. The number of rotatable bonds is 5. The fourth-order valence-electron chi connectivity index (χ4n) is 2.94. The summed E-state index contributed by atoms with van der Waals surface area (Å²) in [6, 6.07) is 18.3. The van der Waals surface area contributed by atoms with Gasteiger partial charge in [-0.25, -0.2) is 9.97 Å². The molecule has 4 aromatic rings. The highest BCUT2D eigenvalue weighted by Crippen LogP contribution is 2.28. The highest BCUT2D eigenvalue weighted by molar-refractivity contribution is 6.33. The lowest BCUT2D eigenvalue weighted by Gasteiger charge is -2.10. The Morgan fingerprint density at radius 1 is 0.967 bits per heavy atom. The average Bonchev–Trinajstić information content (AvgIpc) is 2.74. The quantitative estimate of drug-likeness (QED) is 0.450. The van der Waals surface area contributed by atoms with Gasteiger partial charge in [0.25, 0.3) is 5.91 Å². The molecule has 0 bridgehead atoms. The normalized spacial score (nSPS) is 10.5. The van der Waals surface area contributed by atoms with Crippen LogP contribution < -0.4 is 10.6 Å². The van der Waals surface area contributed by atoms with Gasteiger partial charge in [0.05, 0.1) is 11.9 Å². The lowest BCUT2D eigenvalue weighted by Crippen LogP contribution is -2.12. The Bertz CT molecular complexity index is 1210. The van der Waals surface area contributed by atoms with Crippen molar-refractivity contribution >= 4 is 34.8 Å². The molecule has 3 aromatic heterocycles. The number of nitrogens with zero attached hydrogens (tertiary/aromatic N) is 3. The number of carbonyl (C=O) groups excluding carboxylic acids is 1. The number of hydrogen-bond donors (Lipinski definition) is 2. The minimum atomic E-state index is -0.268. The third-order valence-electron chi connectivity index (χ3n) is 4.35. The van der Waals surface area contributed by atoms with Crippen LogP contribution in [-0.4, -0.2) is 20.9 Å². The van der Waals surface area contributed by atoms with Crippen LogP contribution in [0.25, 0.3) is 11.1 Å². The molecule has 30 heavy (non-hydrogen) atoms. The monoisotopic (exact) mass is 415 g/mol. The summed E-state index contributed by atoms with van der Waals surface area (Å²) in [6.07, 6.45) is 4.88. The molecule has 0 spiro atoms. The van der Waals surface area contributed by atoms with Crippen molar-refractivity contribution in [2.75, 3.05) is 10.6 Å². The summed E-state index contributed by atoms with van der Waals surface area (Å²) in [7, 11) is 0. The van der Waals surface area contributed by atoms with Gasteiger partial charge < -0.3 is 10.6 Å². The predicted octanol–water partition coefficient (Wildman–Crippen LogP) is 5.50. The van der Waals surface area contributed by atoms with Crippen LogP contribution in [0.2, 0.25) is 5.02 Å². The van der Waals surface area contributed by atoms with Gasteiger partial charge in [-0.1, -0.05) is 35.9 Å². The highest BCUT2D eigenvalue weighted by atomic mass is 35.5. The summed E-state index contributed by atoms with van der Waals surface area (Å²) in [5.41, 5.74) is 3.59. The lowest BCUT2D eigenvalue weighted by molar-refractivity contribution is 0.102. The second kappa shape index (κ2) is 8.71. The Hall–Kier alpha value is -3.77. The molecule has 0 atom stereocenters. The van der Waals surface area contributed by atoms with Crippen LogP contribution in [-0.2, 0) is 0 Å². The molecular weight excluding hydrogens is 398 g/mol. The van der Waals surface area contributed by atoms with E-state index in [0.717, 1.165) is 16.8 Å². The molecule has 1 amide bonds. The number of hydrogen-bond acceptors (Lipinski definition) is 5. The average molecular weight is 416 g/mol. The Labute approximate surface area is 179 Å². The second-order valence-corrected chi connectivity index (χ2v) is 7.02. The van der Waals surface area contributed by atoms with Gasteiger partial charge in [0.2, 0.25) is 0 Å². The van der Waals surface area contributed by atoms with Gasteiger partial charge in [0, 0.05) is 39.8 Å². The number of carbonyl (C=O) groups is 1. The van der Waals surface area contributed by atoms with E-state index in [1.807, 2.05) is 55.5 Å². The van der Waals surface area contributed by atoms with Gasteiger partial charge in [-0.2, -0.15) is 0 Å². The first-order valence-corrected chi connectivity index (χ1v) is 9.64. The van der Waals surface area contributed by atoms with E-state index >= 15 is 0 Å². The number of aromatic nitrogens is 3. The van der Waals surface area contributed by atoms with Crippen LogP contribution in [0.15, 0.2) is 79.3 Å². The van der Waals surface area contributed by atoms with Crippen molar-refractivity contribution < 1.29 is 4.79 Å². The van der Waals surface area contributed by atoms with E-state index in [2.05, 4.69) is 25.6 Å². The molecule has 148 valence electrons. The summed E-state index contributed by atoms with van der Waals surface area (Å²) in [5, 5.41) is 6.61.